The number of rotatable bonds is 5. The highest BCUT2D eigenvalue weighted by Gasteiger charge is 2.21. The average Bonchev–Trinajstić information content (AvgIpc) is 2.37. The van der Waals surface area contributed by atoms with Crippen molar-refractivity contribution in [3.05, 3.63) is 28.2 Å². The van der Waals surface area contributed by atoms with Crippen LogP contribution in [0.5, 0.6) is 0 Å². The van der Waals surface area contributed by atoms with Crippen molar-refractivity contribution in [2.24, 2.45) is 0 Å². The van der Waals surface area contributed by atoms with Crippen LogP contribution in [0.15, 0.2) is 27.6 Å². The molecule has 0 fully saturated rings. The highest BCUT2D eigenvalue weighted by atomic mass is 79.9. The first kappa shape index (κ1) is 16.1. The second-order valence-corrected chi connectivity index (χ2v) is 6.45. The summed E-state index contributed by atoms with van der Waals surface area (Å²) in [4.78, 5) is 11.1. The van der Waals surface area contributed by atoms with Gasteiger partial charge in [-0.3, -0.25) is 0 Å². The molecule has 0 heterocycles. The van der Waals surface area contributed by atoms with E-state index in [0.29, 0.717) is 10.0 Å². The molecule has 1 rings (SSSR count). The van der Waals surface area contributed by atoms with Gasteiger partial charge in [-0.1, -0.05) is 22.0 Å². The Bertz CT molecular complexity index is 572. The molecule has 8 heteroatoms. The van der Waals surface area contributed by atoms with E-state index in [4.69, 9.17) is 0 Å². The summed E-state index contributed by atoms with van der Waals surface area (Å²) in [7, 11) is -2.69. The van der Waals surface area contributed by atoms with Crippen molar-refractivity contribution in [3.8, 4) is 0 Å². The van der Waals surface area contributed by atoms with Gasteiger partial charge in [-0.15, -0.1) is 0 Å². The van der Waals surface area contributed by atoms with Crippen LogP contribution in [0.3, 0.4) is 0 Å². The van der Waals surface area contributed by atoms with Crippen molar-refractivity contribution in [2.75, 3.05) is 13.7 Å². The SMILES string of the molecule is COC(=O)C(O)CNS(=O)(=O)c1cc(Br)ccc1C. The second-order valence-electron chi connectivity index (χ2n) is 3.80. The molecule has 0 spiro atoms. The first-order valence-corrected chi connectivity index (χ1v) is 7.57. The third-order valence-corrected chi connectivity index (χ3v) is 4.44. The smallest absolute Gasteiger partial charge is 0.336 e. The summed E-state index contributed by atoms with van der Waals surface area (Å²) in [6.07, 6.45) is -1.53. The van der Waals surface area contributed by atoms with Gasteiger partial charge in [0.15, 0.2) is 6.10 Å². The molecule has 0 amide bonds. The lowest BCUT2D eigenvalue weighted by molar-refractivity contribution is -0.149. The maximum absolute atomic E-state index is 12.0. The number of benzene rings is 1. The van der Waals surface area contributed by atoms with Gasteiger partial charge in [-0.05, 0) is 24.6 Å². The van der Waals surface area contributed by atoms with E-state index in [0.717, 1.165) is 7.11 Å². The number of aryl methyl sites for hydroxylation is 1. The molecule has 1 aromatic rings. The van der Waals surface area contributed by atoms with Crippen LogP contribution < -0.4 is 4.72 Å². The minimum absolute atomic E-state index is 0.0824. The Hall–Kier alpha value is -0.960. The zero-order valence-electron chi connectivity index (χ0n) is 10.4. The van der Waals surface area contributed by atoms with Crippen LogP contribution in [0.2, 0.25) is 0 Å². The fourth-order valence-electron chi connectivity index (χ4n) is 1.35. The molecule has 0 aromatic heterocycles. The number of sulfonamides is 1. The average molecular weight is 352 g/mol. The van der Waals surface area contributed by atoms with Crippen molar-refractivity contribution < 1.29 is 23.1 Å². The molecule has 1 aromatic carbocycles. The molecule has 2 N–H and O–H groups in total. The summed E-state index contributed by atoms with van der Waals surface area (Å²) < 4.78 is 31.1. The second kappa shape index (κ2) is 6.47. The standard InChI is InChI=1S/C11H14BrNO5S/c1-7-3-4-8(12)5-10(7)19(16,17)13-6-9(14)11(15)18-2/h3-5,9,13-14H,6H2,1-2H3. The Kier molecular flexibility index (Phi) is 5.48. The fraction of sp³-hybridized carbons (Fsp3) is 0.364. The van der Waals surface area contributed by atoms with Gasteiger partial charge in [0, 0.05) is 11.0 Å². The van der Waals surface area contributed by atoms with Gasteiger partial charge in [-0.25, -0.2) is 17.9 Å². The number of esters is 1. The number of carbonyl (C=O) groups is 1. The molecule has 106 valence electrons. The number of hydrogen-bond acceptors (Lipinski definition) is 5. The maximum atomic E-state index is 12.0. The van der Waals surface area contributed by atoms with E-state index in [1.807, 2.05) is 0 Å². The Morgan fingerprint density at radius 1 is 1.53 bits per heavy atom. The predicted octanol–water partition coefficient (Wildman–Crippen LogP) is 0.570. The number of aliphatic hydroxyl groups excluding tert-OH is 1. The normalized spacial score (nSPS) is 13.1. The maximum Gasteiger partial charge on any atom is 0.336 e. The summed E-state index contributed by atoms with van der Waals surface area (Å²) in [5, 5.41) is 9.34. The third kappa shape index (κ3) is 4.27. The van der Waals surface area contributed by atoms with Crippen molar-refractivity contribution in [3.63, 3.8) is 0 Å². The Morgan fingerprint density at radius 3 is 2.74 bits per heavy atom. The minimum atomic E-state index is -3.80. The zero-order chi connectivity index (χ0) is 14.6. The lowest BCUT2D eigenvalue weighted by Crippen LogP contribution is -2.37. The zero-order valence-corrected chi connectivity index (χ0v) is 12.8. The molecule has 6 nitrogen and oxygen atoms in total. The minimum Gasteiger partial charge on any atom is -0.467 e. The summed E-state index contributed by atoms with van der Waals surface area (Å²) in [6.45, 7) is 1.21. The van der Waals surface area contributed by atoms with Gasteiger partial charge in [0.1, 0.15) is 0 Å². The van der Waals surface area contributed by atoms with Gasteiger partial charge >= 0.3 is 5.97 Å². The van der Waals surface area contributed by atoms with Crippen LogP contribution >= 0.6 is 15.9 Å². The molecular weight excluding hydrogens is 338 g/mol. The van der Waals surface area contributed by atoms with E-state index in [-0.39, 0.29) is 4.90 Å². The molecule has 0 aliphatic heterocycles. The van der Waals surface area contributed by atoms with Gasteiger partial charge < -0.3 is 9.84 Å². The Labute approximate surface area is 120 Å². The Balaban J connectivity index is 2.87. The van der Waals surface area contributed by atoms with Crippen LogP contribution in [0.4, 0.5) is 0 Å². The van der Waals surface area contributed by atoms with Crippen LogP contribution in [0.1, 0.15) is 5.56 Å². The van der Waals surface area contributed by atoms with Gasteiger partial charge in [0.2, 0.25) is 10.0 Å². The number of ether oxygens (including phenoxy) is 1. The number of hydrogen-bond donors (Lipinski definition) is 2. The lowest BCUT2D eigenvalue weighted by Gasteiger charge is -2.12. The number of methoxy groups -OCH3 is 1. The summed E-state index contributed by atoms with van der Waals surface area (Å²) >= 11 is 3.19. The molecule has 0 radical (unpaired) electrons. The number of nitrogens with one attached hydrogen (secondary N) is 1. The van der Waals surface area contributed by atoms with Gasteiger partial charge in [-0.2, -0.15) is 0 Å². The van der Waals surface area contributed by atoms with Crippen LogP contribution in [0, 0.1) is 6.92 Å². The van der Waals surface area contributed by atoms with E-state index in [1.54, 1.807) is 19.1 Å². The highest BCUT2D eigenvalue weighted by Crippen LogP contribution is 2.20. The number of carbonyl (C=O) groups excluding carboxylic acids is 1. The number of halogens is 1. The van der Waals surface area contributed by atoms with Crippen molar-refractivity contribution in [2.45, 2.75) is 17.9 Å². The molecule has 19 heavy (non-hydrogen) atoms. The first-order chi connectivity index (χ1) is 8.77. The predicted molar refractivity (Wildman–Crippen MR) is 72.1 cm³/mol. The highest BCUT2D eigenvalue weighted by molar-refractivity contribution is 9.10. The topological polar surface area (TPSA) is 92.7 Å². The lowest BCUT2D eigenvalue weighted by atomic mass is 10.2. The van der Waals surface area contributed by atoms with E-state index < -0.39 is 28.6 Å². The van der Waals surface area contributed by atoms with E-state index in [9.17, 15) is 18.3 Å². The molecule has 1 atom stereocenters. The summed E-state index contributed by atoms with van der Waals surface area (Å²) in [5.74, 6) is -0.895. The molecular formula is C11H14BrNO5S. The monoisotopic (exact) mass is 351 g/mol. The van der Waals surface area contributed by atoms with E-state index in [2.05, 4.69) is 25.4 Å². The van der Waals surface area contributed by atoms with Crippen molar-refractivity contribution >= 4 is 31.9 Å². The largest absolute Gasteiger partial charge is 0.467 e. The van der Waals surface area contributed by atoms with E-state index >= 15 is 0 Å². The van der Waals surface area contributed by atoms with Crippen molar-refractivity contribution in [1.82, 2.24) is 4.72 Å². The first-order valence-electron chi connectivity index (χ1n) is 5.29. The molecule has 0 aliphatic rings. The molecule has 1 unspecified atom stereocenters. The fourth-order valence-corrected chi connectivity index (χ4v) is 3.17. The van der Waals surface area contributed by atoms with Gasteiger partial charge in [0.05, 0.1) is 12.0 Å². The number of aliphatic hydroxyl groups is 1. The summed E-state index contributed by atoms with van der Waals surface area (Å²) in [5.41, 5.74) is 0.559. The molecule has 0 aliphatic carbocycles. The molecule has 0 saturated heterocycles. The van der Waals surface area contributed by atoms with Crippen LogP contribution in [-0.2, 0) is 19.6 Å². The van der Waals surface area contributed by atoms with Crippen LogP contribution in [0.25, 0.3) is 0 Å². The van der Waals surface area contributed by atoms with Crippen LogP contribution in [-0.4, -0.2) is 39.3 Å². The third-order valence-electron chi connectivity index (χ3n) is 2.38. The van der Waals surface area contributed by atoms with Gasteiger partial charge in [0.25, 0.3) is 0 Å². The van der Waals surface area contributed by atoms with Crippen molar-refractivity contribution in [1.29, 1.82) is 0 Å². The molecule has 0 bridgehead atoms. The summed E-state index contributed by atoms with van der Waals surface area (Å²) in [6, 6.07) is 4.81. The molecule has 0 saturated carbocycles. The quantitative estimate of drug-likeness (QED) is 0.756. The Morgan fingerprint density at radius 2 is 2.16 bits per heavy atom. The van der Waals surface area contributed by atoms with E-state index in [1.165, 1.54) is 6.07 Å².